The van der Waals surface area contributed by atoms with Crippen LogP contribution in [0.1, 0.15) is 26.2 Å². The molecule has 2 aliphatic rings. The zero-order chi connectivity index (χ0) is 11.1. The van der Waals surface area contributed by atoms with Crippen molar-refractivity contribution in [3.63, 3.8) is 0 Å². The normalized spacial score (nSPS) is 36.7. The third kappa shape index (κ3) is 1.88. The molecule has 0 aromatic carbocycles. The van der Waals surface area contributed by atoms with E-state index in [0.717, 1.165) is 26.1 Å². The number of hydrogen-bond acceptors (Lipinski definition) is 3. The molecule has 1 aliphatic carbocycles. The SMILES string of the molecule is CC(N)C(=O)N1CCC2(CC(CN)C2)C1. The molecule has 86 valence electrons. The number of hydrogen-bond donors (Lipinski definition) is 2. The van der Waals surface area contributed by atoms with Gasteiger partial charge in [0.2, 0.25) is 5.91 Å². The highest BCUT2D eigenvalue weighted by atomic mass is 16.2. The minimum absolute atomic E-state index is 0.100. The molecule has 2 rings (SSSR count). The van der Waals surface area contributed by atoms with Gasteiger partial charge in [-0.25, -0.2) is 0 Å². The van der Waals surface area contributed by atoms with Crippen molar-refractivity contribution < 1.29 is 4.79 Å². The largest absolute Gasteiger partial charge is 0.341 e. The zero-order valence-corrected chi connectivity index (χ0v) is 9.41. The van der Waals surface area contributed by atoms with Gasteiger partial charge in [0, 0.05) is 13.1 Å². The fourth-order valence-corrected chi connectivity index (χ4v) is 3.08. The Morgan fingerprint density at radius 2 is 2.27 bits per heavy atom. The number of likely N-dealkylation sites (tertiary alicyclic amines) is 1. The highest BCUT2D eigenvalue weighted by Gasteiger charge is 2.48. The van der Waals surface area contributed by atoms with Crippen LogP contribution in [0.25, 0.3) is 0 Å². The van der Waals surface area contributed by atoms with E-state index in [0.29, 0.717) is 11.3 Å². The third-order valence-electron chi connectivity index (χ3n) is 3.92. The first kappa shape index (κ1) is 10.9. The fourth-order valence-electron chi connectivity index (χ4n) is 3.08. The lowest BCUT2D eigenvalue weighted by Gasteiger charge is -2.44. The first-order valence-electron chi connectivity index (χ1n) is 5.81. The standard InChI is InChI=1S/C11H21N3O/c1-8(13)10(15)14-3-2-11(7-14)4-9(5-11)6-12/h8-9H,2-7,12-13H2,1H3. The van der Waals surface area contributed by atoms with Gasteiger partial charge in [-0.1, -0.05) is 0 Å². The molecule has 4 N–H and O–H groups in total. The number of nitrogens with two attached hydrogens (primary N) is 2. The Labute approximate surface area is 91.0 Å². The first-order chi connectivity index (χ1) is 7.06. The highest BCUT2D eigenvalue weighted by molar-refractivity contribution is 5.81. The van der Waals surface area contributed by atoms with E-state index >= 15 is 0 Å². The van der Waals surface area contributed by atoms with Crippen molar-refractivity contribution in [1.29, 1.82) is 0 Å². The van der Waals surface area contributed by atoms with Crippen LogP contribution in [0.3, 0.4) is 0 Å². The molecule has 2 fully saturated rings. The van der Waals surface area contributed by atoms with Gasteiger partial charge in [-0.15, -0.1) is 0 Å². The summed E-state index contributed by atoms with van der Waals surface area (Å²) in [7, 11) is 0. The number of amides is 1. The maximum atomic E-state index is 11.7. The summed E-state index contributed by atoms with van der Waals surface area (Å²) < 4.78 is 0. The molecule has 1 heterocycles. The lowest BCUT2D eigenvalue weighted by molar-refractivity contribution is -0.132. The van der Waals surface area contributed by atoms with Gasteiger partial charge >= 0.3 is 0 Å². The predicted molar refractivity (Wildman–Crippen MR) is 59.1 cm³/mol. The summed E-state index contributed by atoms with van der Waals surface area (Å²) in [6, 6.07) is -0.356. The van der Waals surface area contributed by atoms with Crippen molar-refractivity contribution >= 4 is 5.91 Å². The van der Waals surface area contributed by atoms with E-state index in [1.165, 1.54) is 12.8 Å². The molecular formula is C11H21N3O. The zero-order valence-electron chi connectivity index (χ0n) is 9.41. The van der Waals surface area contributed by atoms with Crippen molar-refractivity contribution in [2.24, 2.45) is 22.8 Å². The van der Waals surface area contributed by atoms with E-state index in [2.05, 4.69) is 0 Å². The van der Waals surface area contributed by atoms with Crippen molar-refractivity contribution in [2.75, 3.05) is 19.6 Å². The monoisotopic (exact) mass is 211 g/mol. The number of carbonyl (C=O) groups excluding carboxylic acids is 1. The molecule has 1 aliphatic heterocycles. The average Bonchev–Trinajstić information content (AvgIpc) is 2.58. The number of rotatable bonds is 2. The van der Waals surface area contributed by atoms with Gasteiger partial charge in [-0.2, -0.15) is 0 Å². The molecule has 4 heteroatoms. The van der Waals surface area contributed by atoms with Gasteiger partial charge in [0.25, 0.3) is 0 Å². The Morgan fingerprint density at radius 1 is 1.60 bits per heavy atom. The molecule has 1 saturated carbocycles. The molecule has 0 aromatic rings. The van der Waals surface area contributed by atoms with Crippen LogP contribution in [-0.2, 0) is 4.79 Å². The van der Waals surface area contributed by atoms with Crippen LogP contribution >= 0.6 is 0 Å². The second-order valence-electron chi connectivity index (χ2n) is 5.31. The molecule has 0 bridgehead atoms. The van der Waals surface area contributed by atoms with Gasteiger partial charge in [0.1, 0.15) is 0 Å². The van der Waals surface area contributed by atoms with E-state index in [9.17, 15) is 4.79 Å². The van der Waals surface area contributed by atoms with Crippen LogP contribution in [0.5, 0.6) is 0 Å². The lowest BCUT2D eigenvalue weighted by Crippen LogP contribution is -2.46. The summed E-state index contributed by atoms with van der Waals surface area (Å²) in [6.45, 7) is 4.35. The lowest BCUT2D eigenvalue weighted by atomic mass is 9.61. The van der Waals surface area contributed by atoms with Crippen molar-refractivity contribution in [2.45, 2.75) is 32.2 Å². The summed E-state index contributed by atoms with van der Waals surface area (Å²) in [4.78, 5) is 13.6. The Bertz CT molecular complexity index is 259. The average molecular weight is 211 g/mol. The quantitative estimate of drug-likeness (QED) is 0.671. The summed E-state index contributed by atoms with van der Waals surface area (Å²) in [5, 5.41) is 0. The van der Waals surface area contributed by atoms with Crippen molar-refractivity contribution in [1.82, 2.24) is 4.90 Å². The Balaban J connectivity index is 1.88. The van der Waals surface area contributed by atoms with Crippen LogP contribution in [0.15, 0.2) is 0 Å². The topological polar surface area (TPSA) is 72.4 Å². The molecule has 1 saturated heterocycles. The summed E-state index contributed by atoms with van der Waals surface area (Å²) in [6.07, 6.45) is 3.54. The van der Waals surface area contributed by atoms with Crippen LogP contribution < -0.4 is 11.5 Å². The summed E-state index contributed by atoms with van der Waals surface area (Å²) >= 11 is 0. The maximum absolute atomic E-state index is 11.7. The Kier molecular flexibility index (Phi) is 2.73. The predicted octanol–water partition coefficient (Wildman–Crippen LogP) is -0.0790. The van der Waals surface area contributed by atoms with E-state index in [1.807, 2.05) is 4.90 Å². The second-order valence-corrected chi connectivity index (χ2v) is 5.31. The van der Waals surface area contributed by atoms with Gasteiger partial charge < -0.3 is 16.4 Å². The molecular weight excluding hydrogens is 190 g/mol. The molecule has 0 radical (unpaired) electrons. The second kappa shape index (κ2) is 3.76. The van der Waals surface area contributed by atoms with E-state index in [-0.39, 0.29) is 11.9 Å². The van der Waals surface area contributed by atoms with E-state index in [1.54, 1.807) is 6.92 Å². The number of nitrogens with zero attached hydrogens (tertiary/aromatic N) is 1. The van der Waals surface area contributed by atoms with Gasteiger partial charge in [0.05, 0.1) is 6.04 Å². The molecule has 4 nitrogen and oxygen atoms in total. The molecule has 1 atom stereocenters. The summed E-state index contributed by atoms with van der Waals surface area (Å²) in [5.74, 6) is 0.790. The Morgan fingerprint density at radius 3 is 2.80 bits per heavy atom. The molecule has 1 unspecified atom stereocenters. The van der Waals surface area contributed by atoms with Gasteiger partial charge in [0.15, 0.2) is 0 Å². The van der Waals surface area contributed by atoms with Crippen LogP contribution in [0.2, 0.25) is 0 Å². The minimum Gasteiger partial charge on any atom is -0.341 e. The van der Waals surface area contributed by atoms with Crippen molar-refractivity contribution in [3.05, 3.63) is 0 Å². The first-order valence-corrected chi connectivity index (χ1v) is 5.81. The molecule has 1 amide bonds. The molecule has 0 aromatic heterocycles. The highest BCUT2D eigenvalue weighted by Crippen LogP contribution is 2.51. The Hall–Kier alpha value is -0.610. The smallest absolute Gasteiger partial charge is 0.239 e. The fraction of sp³-hybridized carbons (Fsp3) is 0.909. The van der Waals surface area contributed by atoms with Crippen LogP contribution in [-0.4, -0.2) is 36.5 Å². The molecule has 1 spiro atoms. The summed E-state index contributed by atoms with van der Waals surface area (Å²) in [5.41, 5.74) is 11.6. The van der Waals surface area contributed by atoms with E-state index in [4.69, 9.17) is 11.5 Å². The van der Waals surface area contributed by atoms with Gasteiger partial charge in [-0.3, -0.25) is 4.79 Å². The molecule has 15 heavy (non-hydrogen) atoms. The van der Waals surface area contributed by atoms with Crippen LogP contribution in [0, 0.1) is 11.3 Å². The van der Waals surface area contributed by atoms with Crippen molar-refractivity contribution in [3.8, 4) is 0 Å². The number of carbonyl (C=O) groups is 1. The third-order valence-corrected chi connectivity index (χ3v) is 3.92. The van der Waals surface area contributed by atoms with E-state index < -0.39 is 0 Å². The van der Waals surface area contributed by atoms with Gasteiger partial charge in [-0.05, 0) is 44.1 Å². The minimum atomic E-state index is -0.356. The van der Waals surface area contributed by atoms with Crippen LogP contribution in [0.4, 0.5) is 0 Å². The maximum Gasteiger partial charge on any atom is 0.239 e.